The molecule has 0 amide bonds. The van der Waals surface area contributed by atoms with E-state index in [0.29, 0.717) is 37.5 Å². The van der Waals surface area contributed by atoms with Crippen LogP contribution in [0.25, 0.3) is 0 Å². The Morgan fingerprint density at radius 1 is 0.278 bits per heavy atom. The van der Waals surface area contributed by atoms with E-state index in [-0.39, 0.29) is 25.7 Å². The van der Waals surface area contributed by atoms with Crippen LogP contribution < -0.4 is 0 Å². The SMILES string of the molecule is CCCCCCCCCCCCCCCCCCCCCCCC(=O)O[C@H](COC(=O)CCCCCCCCCCCCCCCC(C)C)COP(=O)(O)OC[C@@H](O)COP(=O)(O)OC[C@@H](COC(=O)CCCCCCCCCC(C)C)OC(=O)CCCCCCCCCC(C)C. The summed E-state index contributed by atoms with van der Waals surface area (Å²) in [6.45, 7) is 11.8. The minimum absolute atomic E-state index is 0.103. The summed E-state index contributed by atoms with van der Waals surface area (Å²) in [5.41, 5.74) is 0. The van der Waals surface area contributed by atoms with Crippen LogP contribution in [0, 0.1) is 17.8 Å². The Bertz CT molecular complexity index is 1890. The summed E-state index contributed by atoms with van der Waals surface area (Å²) in [5.74, 6) is 0.0716. The first-order valence-electron chi connectivity index (χ1n) is 40.3. The van der Waals surface area contributed by atoms with E-state index in [4.69, 9.17) is 37.0 Å². The highest BCUT2D eigenvalue weighted by atomic mass is 31.2. The molecule has 0 saturated carbocycles. The van der Waals surface area contributed by atoms with Crippen molar-refractivity contribution in [3.05, 3.63) is 0 Å². The van der Waals surface area contributed by atoms with Gasteiger partial charge in [0.1, 0.15) is 19.3 Å². The van der Waals surface area contributed by atoms with Crippen LogP contribution in [0.5, 0.6) is 0 Å². The molecular formula is C78H152O17P2. The van der Waals surface area contributed by atoms with E-state index in [1.54, 1.807) is 0 Å². The molecule has 0 aliphatic rings. The number of phosphoric acid groups is 2. The number of hydrogen-bond acceptors (Lipinski definition) is 15. The van der Waals surface area contributed by atoms with Crippen molar-refractivity contribution in [2.75, 3.05) is 39.6 Å². The zero-order valence-corrected chi connectivity index (χ0v) is 65.3. The first-order chi connectivity index (χ1) is 46.7. The van der Waals surface area contributed by atoms with Crippen LogP contribution in [0.4, 0.5) is 0 Å². The fraction of sp³-hybridized carbons (Fsp3) is 0.949. The molecule has 0 aliphatic carbocycles. The third-order valence-electron chi connectivity index (χ3n) is 18.1. The van der Waals surface area contributed by atoms with Gasteiger partial charge in [-0.25, -0.2) is 9.13 Å². The minimum atomic E-state index is -4.96. The van der Waals surface area contributed by atoms with E-state index in [9.17, 15) is 43.2 Å². The number of rotatable bonds is 76. The summed E-state index contributed by atoms with van der Waals surface area (Å²) in [4.78, 5) is 72.8. The second-order valence-corrected chi connectivity index (χ2v) is 32.4. The Balaban J connectivity index is 5.20. The third kappa shape index (κ3) is 72.2. The van der Waals surface area contributed by atoms with Gasteiger partial charge in [-0.3, -0.25) is 37.3 Å². The van der Waals surface area contributed by atoms with Crippen LogP contribution in [-0.4, -0.2) is 96.7 Å². The van der Waals surface area contributed by atoms with Crippen molar-refractivity contribution in [1.29, 1.82) is 0 Å². The Labute approximate surface area is 594 Å². The molecular weight excluding hydrogens is 1270 g/mol. The second kappa shape index (κ2) is 68.5. The Morgan fingerprint density at radius 2 is 0.474 bits per heavy atom. The first kappa shape index (κ1) is 95.1. The molecule has 5 atom stereocenters. The third-order valence-corrected chi connectivity index (χ3v) is 20.0. The largest absolute Gasteiger partial charge is 0.472 e. The van der Waals surface area contributed by atoms with Gasteiger partial charge in [0, 0.05) is 25.7 Å². The van der Waals surface area contributed by atoms with Crippen molar-refractivity contribution in [2.24, 2.45) is 17.8 Å². The van der Waals surface area contributed by atoms with Crippen LogP contribution in [-0.2, 0) is 65.4 Å². The molecule has 0 radical (unpaired) electrons. The van der Waals surface area contributed by atoms with E-state index in [1.165, 1.54) is 205 Å². The molecule has 0 heterocycles. The molecule has 97 heavy (non-hydrogen) atoms. The van der Waals surface area contributed by atoms with Crippen LogP contribution >= 0.6 is 15.6 Å². The highest BCUT2D eigenvalue weighted by Gasteiger charge is 2.30. The zero-order chi connectivity index (χ0) is 71.6. The number of phosphoric ester groups is 2. The smallest absolute Gasteiger partial charge is 0.462 e. The molecule has 0 bridgehead atoms. The molecule has 0 aromatic carbocycles. The lowest BCUT2D eigenvalue weighted by Crippen LogP contribution is -2.30. The van der Waals surface area contributed by atoms with Gasteiger partial charge in [-0.2, -0.15) is 0 Å². The molecule has 2 unspecified atom stereocenters. The Morgan fingerprint density at radius 3 is 0.701 bits per heavy atom. The number of carbonyl (C=O) groups excluding carboxylic acids is 4. The fourth-order valence-corrected chi connectivity index (χ4v) is 13.5. The van der Waals surface area contributed by atoms with Crippen LogP contribution in [0.1, 0.15) is 402 Å². The second-order valence-electron chi connectivity index (χ2n) is 29.5. The lowest BCUT2D eigenvalue weighted by atomic mass is 10.0. The zero-order valence-electron chi connectivity index (χ0n) is 63.5. The van der Waals surface area contributed by atoms with E-state index in [0.717, 1.165) is 102 Å². The molecule has 576 valence electrons. The van der Waals surface area contributed by atoms with Gasteiger partial charge in [0.2, 0.25) is 0 Å². The van der Waals surface area contributed by atoms with Crippen molar-refractivity contribution in [3.8, 4) is 0 Å². The van der Waals surface area contributed by atoms with E-state index in [1.807, 2.05) is 0 Å². The van der Waals surface area contributed by atoms with Gasteiger partial charge in [-0.15, -0.1) is 0 Å². The van der Waals surface area contributed by atoms with Gasteiger partial charge in [-0.1, -0.05) is 350 Å². The minimum Gasteiger partial charge on any atom is -0.462 e. The van der Waals surface area contributed by atoms with Crippen molar-refractivity contribution < 1.29 is 80.2 Å². The van der Waals surface area contributed by atoms with Gasteiger partial charge in [0.25, 0.3) is 0 Å². The molecule has 0 spiro atoms. The number of carbonyl (C=O) groups is 4. The number of esters is 4. The lowest BCUT2D eigenvalue weighted by molar-refractivity contribution is -0.161. The molecule has 0 saturated heterocycles. The summed E-state index contributed by atoms with van der Waals surface area (Å²) in [6, 6.07) is 0. The summed E-state index contributed by atoms with van der Waals surface area (Å²) in [6.07, 6.45) is 55.9. The van der Waals surface area contributed by atoms with Crippen LogP contribution in [0.15, 0.2) is 0 Å². The summed E-state index contributed by atoms with van der Waals surface area (Å²) >= 11 is 0. The number of unbranched alkanes of at least 4 members (excludes halogenated alkanes) is 44. The summed E-state index contributed by atoms with van der Waals surface area (Å²) < 4.78 is 68.5. The maximum atomic E-state index is 13.1. The van der Waals surface area contributed by atoms with E-state index in [2.05, 4.69) is 48.5 Å². The quantitative estimate of drug-likeness (QED) is 0.0222. The van der Waals surface area contributed by atoms with Gasteiger partial charge in [0.15, 0.2) is 12.2 Å². The normalized spacial score (nSPS) is 14.0. The average molecular weight is 1420 g/mol. The predicted molar refractivity (Wildman–Crippen MR) is 395 cm³/mol. The number of hydrogen-bond donors (Lipinski definition) is 3. The van der Waals surface area contributed by atoms with Crippen LogP contribution in [0.3, 0.4) is 0 Å². The summed E-state index contributed by atoms with van der Waals surface area (Å²) in [7, 11) is -9.91. The maximum Gasteiger partial charge on any atom is 0.472 e. The van der Waals surface area contributed by atoms with Gasteiger partial charge in [0.05, 0.1) is 26.4 Å². The van der Waals surface area contributed by atoms with E-state index < -0.39 is 97.5 Å². The van der Waals surface area contributed by atoms with Crippen molar-refractivity contribution in [1.82, 2.24) is 0 Å². The molecule has 19 heteroatoms. The fourth-order valence-electron chi connectivity index (χ4n) is 12.0. The molecule has 0 rings (SSSR count). The molecule has 3 N–H and O–H groups in total. The summed E-state index contributed by atoms with van der Waals surface area (Å²) in [5, 5.41) is 10.6. The lowest BCUT2D eigenvalue weighted by Gasteiger charge is -2.21. The predicted octanol–water partition coefficient (Wildman–Crippen LogP) is 23.0. The van der Waals surface area contributed by atoms with Gasteiger partial charge in [-0.05, 0) is 43.4 Å². The highest BCUT2D eigenvalue weighted by Crippen LogP contribution is 2.45. The topological polar surface area (TPSA) is 237 Å². The van der Waals surface area contributed by atoms with Gasteiger partial charge < -0.3 is 33.8 Å². The highest BCUT2D eigenvalue weighted by molar-refractivity contribution is 7.47. The van der Waals surface area contributed by atoms with Crippen molar-refractivity contribution in [3.63, 3.8) is 0 Å². The maximum absolute atomic E-state index is 13.1. The number of aliphatic hydroxyl groups excluding tert-OH is 1. The number of aliphatic hydroxyl groups is 1. The van der Waals surface area contributed by atoms with Crippen LogP contribution in [0.2, 0.25) is 0 Å². The Kier molecular flexibility index (Phi) is 67.1. The van der Waals surface area contributed by atoms with E-state index >= 15 is 0 Å². The molecule has 0 aromatic rings. The first-order valence-corrected chi connectivity index (χ1v) is 43.3. The Hall–Kier alpha value is -1.94. The van der Waals surface area contributed by atoms with Crippen molar-refractivity contribution >= 4 is 39.5 Å². The number of ether oxygens (including phenoxy) is 4. The molecule has 17 nitrogen and oxygen atoms in total. The monoisotopic (exact) mass is 1420 g/mol. The van der Waals surface area contributed by atoms with Gasteiger partial charge >= 0.3 is 39.5 Å². The van der Waals surface area contributed by atoms with Crippen molar-refractivity contribution in [2.45, 2.75) is 420 Å². The molecule has 0 fully saturated rings. The molecule has 0 aliphatic heterocycles. The molecule has 0 aromatic heterocycles. The standard InChI is InChI=1S/C78H152O17P2/c1-8-9-10-11-12-13-14-15-16-17-18-19-20-21-22-25-29-32-39-47-54-61-77(82)94-73(65-88-75(80)59-52-45-38-31-28-26-23-24-27-30-35-42-49-56-69(2)3)67-92-96(84,85)90-63-72(79)64-91-97(86,87)93-68-74(95-78(83)62-55-48-41-34-37-44-51-58-71(6)7)66-89-76(81)60-53-46-40-33-36-43-50-57-70(4)5/h69-74,79H,8-68H2,1-7H3,(H,84,85)(H,86,87)/t72-,73-,74-/m1/s1. The average Bonchev–Trinajstić information content (AvgIpc) is 1.55.